The maximum absolute atomic E-state index is 12.6. The van der Waals surface area contributed by atoms with Gasteiger partial charge in [0.1, 0.15) is 22.4 Å². The zero-order valence-electron chi connectivity index (χ0n) is 13.9. The number of carbonyl (C=O) groups excluding carboxylic acids is 2. The Hall–Kier alpha value is -2.26. The molecule has 2 aromatic rings. The molecule has 0 bridgehead atoms. The van der Waals surface area contributed by atoms with Crippen LogP contribution in [0.25, 0.3) is 10.2 Å². The quantitative estimate of drug-likeness (QED) is 0.365. The van der Waals surface area contributed by atoms with Crippen LogP contribution < -0.4 is 16.8 Å². The first-order valence-corrected chi connectivity index (χ1v) is 9.02. The summed E-state index contributed by atoms with van der Waals surface area (Å²) in [6.07, 6.45) is 6.31. The minimum Gasteiger partial charge on any atom is -0.458 e. The molecule has 2 heterocycles. The molecule has 0 saturated heterocycles. The normalized spacial score (nSPS) is 15.3. The molecule has 3 N–H and O–H groups in total. The number of esters is 1. The standard InChI is InChI=1S/C16H20N4O4S/c1-9-12-14(18-8-20(15(12)22)7-11(21)19-17)25-13(9)16(23)24-10-5-3-2-4-6-10/h8,10H,2-7,17H2,1H3,(H,19,21). The molecule has 1 aliphatic carbocycles. The number of fused-ring (bicyclic) bond motifs is 1. The number of amides is 1. The third kappa shape index (κ3) is 3.57. The predicted molar refractivity (Wildman–Crippen MR) is 93.2 cm³/mol. The van der Waals surface area contributed by atoms with Crippen molar-refractivity contribution in [2.24, 2.45) is 5.84 Å². The molecule has 1 saturated carbocycles. The summed E-state index contributed by atoms with van der Waals surface area (Å²) in [5.41, 5.74) is 2.14. The van der Waals surface area contributed by atoms with Crippen molar-refractivity contribution < 1.29 is 14.3 Å². The molecule has 9 heteroatoms. The second-order valence-corrected chi connectivity index (χ2v) is 7.15. The van der Waals surface area contributed by atoms with E-state index in [1.54, 1.807) is 6.92 Å². The Balaban J connectivity index is 1.91. The Labute approximate surface area is 148 Å². The van der Waals surface area contributed by atoms with E-state index in [2.05, 4.69) is 4.98 Å². The highest BCUT2D eigenvalue weighted by atomic mass is 32.1. The number of ether oxygens (including phenoxy) is 1. The number of hydrazine groups is 1. The van der Waals surface area contributed by atoms with Gasteiger partial charge >= 0.3 is 5.97 Å². The van der Waals surface area contributed by atoms with Gasteiger partial charge in [-0.1, -0.05) is 6.42 Å². The molecule has 0 radical (unpaired) electrons. The molecule has 1 fully saturated rings. The van der Waals surface area contributed by atoms with E-state index in [1.165, 1.54) is 17.3 Å². The third-order valence-electron chi connectivity index (χ3n) is 4.40. The molecule has 1 aliphatic rings. The third-order valence-corrected chi connectivity index (χ3v) is 5.58. The molecule has 0 aromatic carbocycles. The number of hydrogen-bond acceptors (Lipinski definition) is 7. The number of nitrogens with two attached hydrogens (primary N) is 1. The SMILES string of the molecule is Cc1c(C(=O)OC2CCCCC2)sc2ncn(CC(=O)NN)c(=O)c12. The first-order valence-electron chi connectivity index (χ1n) is 8.20. The smallest absolute Gasteiger partial charge is 0.348 e. The fraction of sp³-hybridized carbons (Fsp3) is 0.500. The second-order valence-electron chi connectivity index (χ2n) is 6.15. The molecule has 0 atom stereocenters. The van der Waals surface area contributed by atoms with Crippen molar-refractivity contribution in [1.29, 1.82) is 0 Å². The monoisotopic (exact) mass is 364 g/mol. The molecule has 25 heavy (non-hydrogen) atoms. The predicted octanol–water partition coefficient (Wildman–Crippen LogP) is 1.25. The van der Waals surface area contributed by atoms with Crippen LogP contribution in [0.15, 0.2) is 11.1 Å². The van der Waals surface area contributed by atoms with Gasteiger partial charge in [-0.25, -0.2) is 15.6 Å². The van der Waals surface area contributed by atoms with Crippen molar-refractivity contribution in [3.63, 3.8) is 0 Å². The van der Waals surface area contributed by atoms with E-state index in [9.17, 15) is 14.4 Å². The number of rotatable bonds is 4. The molecule has 1 amide bonds. The first-order chi connectivity index (χ1) is 12.0. The Morgan fingerprint density at radius 2 is 2.12 bits per heavy atom. The van der Waals surface area contributed by atoms with Crippen LogP contribution in [0, 0.1) is 6.92 Å². The van der Waals surface area contributed by atoms with Crippen LogP contribution in [0.1, 0.15) is 47.3 Å². The molecular weight excluding hydrogens is 344 g/mol. The molecular formula is C16H20N4O4S. The summed E-state index contributed by atoms with van der Waals surface area (Å²) < 4.78 is 6.76. The summed E-state index contributed by atoms with van der Waals surface area (Å²) in [5, 5.41) is 0.341. The largest absolute Gasteiger partial charge is 0.458 e. The van der Waals surface area contributed by atoms with Crippen molar-refractivity contribution >= 4 is 33.4 Å². The Morgan fingerprint density at radius 3 is 2.80 bits per heavy atom. The van der Waals surface area contributed by atoms with Gasteiger partial charge in [-0.05, 0) is 38.2 Å². The van der Waals surface area contributed by atoms with Gasteiger partial charge in [0.2, 0.25) is 0 Å². The van der Waals surface area contributed by atoms with E-state index in [-0.39, 0.29) is 18.2 Å². The lowest BCUT2D eigenvalue weighted by molar-refractivity contribution is -0.121. The van der Waals surface area contributed by atoms with Crippen molar-refractivity contribution in [2.75, 3.05) is 0 Å². The number of hydrogen-bond donors (Lipinski definition) is 2. The zero-order valence-corrected chi connectivity index (χ0v) is 14.7. The summed E-state index contributed by atoms with van der Waals surface area (Å²) in [4.78, 5) is 41.5. The topological polar surface area (TPSA) is 116 Å². The number of aromatic nitrogens is 2. The van der Waals surface area contributed by atoms with Gasteiger partial charge < -0.3 is 4.74 Å². The fourth-order valence-electron chi connectivity index (χ4n) is 3.05. The van der Waals surface area contributed by atoms with Crippen molar-refractivity contribution in [3.05, 3.63) is 27.1 Å². The van der Waals surface area contributed by atoms with E-state index in [0.29, 0.717) is 20.7 Å². The molecule has 0 unspecified atom stereocenters. The first kappa shape index (κ1) is 17.6. The molecule has 134 valence electrons. The van der Waals surface area contributed by atoms with Gasteiger partial charge in [-0.2, -0.15) is 0 Å². The van der Waals surface area contributed by atoms with E-state index in [0.717, 1.165) is 37.0 Å². The number of nitrogens with one attached hydrogen (secondary N) is 1. The van der Waals surface area contributed by atoms with E-state index in [4.69, 9.17) is 10.6 Å². The molecule has 0 aliphatic heterocycles. The molecule has 8 nitrogen and oxygen atoms in total. The van der Waals surface area contributed by atoms with Gasteiger partial charge in [-0.15, -0.1) is 11.3 Å². The maximum Gasteiger partial charge on any atom is 0.348 e. The maximum atomic E-state index is 12.6. The van der Waals surface area contributed by atoms with Crippen LogP contribution >= 0.6 is 11.3 Å². The average Bonchev–Trinajstić information content (AvgIpc) is 2.95. The number of aryl methyl sites for hydroxylation is 1. The number of nitrogens with zero attached hydrogens (tertiary/aromatic N) is 2. The average molecular weight is 364 g/mol. The molecule has 0 spiro atoms. The summed E-state index contributed by atoms with van der Waals surface area (Å²) in [5.74, 6) is 4.14. The minimum absolute atomic E-state index is 0.0521. The highest BCUT2D eigenvalue weighted by Gasteiger charge is 2.24. The summed E-state index contributed by atoms with van der Waals surface area (Å²) in [6, 6.07) is 0. The van der Waals surface area contributed by atoms with Gasteiger partial charge in [0.25, 0.3) is 11.5 Å². The second kappa shape index (κ2) is 7.32. The van der Waals surface area contributed by atoms with E-state index in [1.807, 2.05) is 5.43 Å². The van der Waals surface area contributed by atoms with E-state index >= 15 is 0 Å². The van der Waals surface area contributed by atoms with Gasteiger partial charge in [0.05, 0.1) is 11.7 Å². The van der Waals surface area contributed by atoms with Crippen LogP contribution in [0.3, 0.4) is 0 Å². The highest BCUT2D eigenvalue weighted by Crippen LogP contribution is 2.29. The van der Waals surface area contributed by atoms with Crippen LogP contribution in [0.2, 0.25) is 0 Å². The number of carbonyl (C=O) groups is 2. The fourth-order valence-corrected chi connectivity index (χ4v) is 4.08. The van der Waals surface area contributed by atoms with Gasteiger partial charge in [-0.3, -0.25) is 19.6 Å². The highest BCUT2D eigenvalue weighted by molar-refractivity contribution is 7.20. The number of thiophene rings is 1. The summed E-state index contributed by atoms with van der Waals surface area (Å²) >= 11 is 1.14. The van der Waals surface area contributed by atoms with Crippen molar-refractivity contribution in [1.82, 2.24) is 15.0 Å². The van der Waals surface area contributed by atoms with Gasteiger partial charge in [0, 0.05) is 0 Å². The molecule has 2 aromatic heterocycles. The zero-order chi connectivity index (χ0) is 18.0. The molecule has 3 rings (SSSR count). The Morgan fingerprint density at radius 1 is 1.40 bits per heavy atom. The van der Waals surface area contributed by atoms with Crippen molar-refractivity contribution in [3.8, 4) is 0 Å². The lowest BCUT2D eigenvalue weighted by Crippen LogP contribution is -2.36. The van der Waals surface area contributed by atoms with Crippen molar-refractivity contribution in [2.45, 2.75) is 51.7 Å². The van der Waals surface area contributed by atoms with E-state index < -0.39 is 11.9 Å². The van der Waals surface area contributed by atoms with Crippen LogP contribution in [0.4, 0.5) is 0 Å². The lowest BCUT2D eigenvalue weighted by atomic mass is 9.98. The Bertz CT molecular complexity index is 867. The minimum atomic E-state index is -0.506. The van der Waals surface area contributed by atoms with Gasteiger partial charge in [0.15, 0.2) is 0 Å². The lowest BCUT2D eigenvalue weighted by Gasteiger charge is -2.21. The Kier molecular flexibility index (Phi) is 5.14. The van der Waals surface area contributed by atoms with Crippen LogP contribution in [0.5, 0.6) is 0 Å². The summed E-state index contributed by atoms with van der Waals surface area (Å²) in [6.45, 7) is 1.47. The van der Waals surface area contributed by atoms with Crippen LogP contribution in [-0.4, -0.2) is 27.5 Å². The summed E-state index contributed by atoms with van der Waals surface area (Å²) in [7, 11) is 0. The van der Waals surface area contributed by atoms with Crippen LogP contribution in [-0.2, 0) is 16.1 Å².